The van der Waals surface area contributed by atoms with E-state index >= 15 is 0 Å². The molecule has 0 heterocycles. The highest BCUT2D eigenvalue weighted by molar-refractivity contribution is 7.31. The third kappa shape index (κ3) is 21.6. The molecule has 0 bridgehead atoms. The maximum Gasteiger partial charge on any atom is 0.539 e. The second-order valence-electron chi connectivity index (χ2n) is 9.03. The molecule has 0 saturated carbocycles. The molecule has 0 aromatic heterocycles. The molecule has 0 spiro atoms. The van der Waals surface area contributed by atoms with Crippen molar-refractivity contribution in [1.82, 2.24) is 0 Å². The molecule has 4 nitrogen and oxygen atoms in total. The number of hydrogen-bond acceptors (Lipinski definition) is 3. The molecule has 0 N–H and O–H groups in total. The lowest BCUT2D eigenvalue weighted by Gasteiger charge is -2.23. The molecule has 0 aliphatic heterocycles. The monoisotopic (exact) mass is 426 g/mol. The van der Waals surface area contributed by atoms with E-state index in [-0.39, 0.29) is 0 Å². The van der Waals surface area contributed by atoms with Crippen molar-refractivity contribution >= 4 is 8.25 Å². The van der Waals surface area contributed by atoms with Crippen molar-refractivity contribution in [2.45, 2.75) is 90.9 Å². The fourth-order valence-corrected chi connectivity index (χ4v) is 3.41. The number of hydrogen-bond donors (Lipinski definition) is 0. The van der Waals surface area contributed by atoms with E-state index in [0.717, 1.165) is 10.0 Å². The second kappa shape index (κ2) is 17.9. The summed E-state index contributed by atoms with van der Waals surface area (Å²) in [7, 11) is 4.08. The van der Waals surface area contributed by atoms with Gasteiger partial charge in [0, 0.05) is 0 Å². The molecule has 29 heavy (non-hydrogen) atoms. The smallest absolute Gasteiger partial charge is 0.539 e. The predicted molar refractivity (Wildman–Crippen MR) is 123 cm³/mol. The molecule has 1 atom stereocenters. The average Bonchev–Trinajstić information content (AvgIpc) is 2.64. The van der Waals surface area contributed by atoms with Gasteiger partial charge in [0.15, 0.2) is 5.75 Å². The highest BCUT2D eigenvalue weighted by Crippen LogP contribution is 2.19. The average molecular weight is 427 g/mol. The first kappa shape index (κ1) is 28.0. The minimum atomic E-state index is -2.79. The number of rotatable bonds is 15. The van der Waals surface area contributed by atoms with Gasteiger partial charge in [0.1, 0.15) is 0 Å². The third-order valence-electron chi connectivity index (χ3n) is 4.88. The topological polar surface area (TPSA) is 49.4 Å². The number of unbranched alkanes of at least 4 members (excludes halogenated alkanes) is 11. The molecule has 0 fully saturated rings. The van der Waals surface area contributed by atoms with Crippen molar-refractivity contribution in [3.8, 4) is 5.75 Å². The lowest BCUT2D eigenvalue weighted by molar-refractivity contribution is -0.870. The molecule has 0 saturated heterocycles. The largest absolute Gasteiger partial charge is 0.558 e. The molecule has 168 valence electrons. The molecule has 0 aliphatic carbocycles. The van der Waals surface area contributed by atoms with Crippen LogP contribution in [0.2, 0.25) is 0 Å². The number of quaternary nitrogens is 1. The Morgan fingerprint density at radius 1 is 0.793 bits per heavy atom. The molecule has 0 radical (unpaired) electrons. The Kier molecular flexibility index (Phi) is 17.3. The summed E-state index contributed by atoms with van der Waals surface area (Å²) in [5.41, 5.74) is 1.07. The second-order valence-corrected chi connectivity index (χ2v) is 9.66. The number of aryl methyl sites for hydroxylation is 1. The van der Waals surface area contributed by atoms with Gasteiger partial charge in [0.25, 0.3) is 0 Å². The van der Waals surface area contributed by atoms with Crippen LogP contribution in [0.4, 0.5) is 0 Å². The van der Waals surface area contributed by atoms with Crippen molar-refractivity contribution in [3.63, 3.8) is 0 Å². The predicted octanol–water partition coefficient (Wildman–Crippen LogP) is 6.79. The highest BCUT2D eigenvalue weighted by Gasteiger charge is 2.05. The van der Waals surface area contributed by atoms with Gasteiger partial charge in [0.2, 0.25) is 0 Å². The Balaban J connectivity index is 0.000000604. The van der Waals surface area contributed by atoms with Crippen LogP contribution >= 0.6 is 8.25 Å². The van der Waals surface area contributed by atoms with E-state index < -0.39 is 8.25 Å². The first-order valence-electron chi connectivity index (χ1n) is 11.4. The first-order chi connectivity index (χ1) is 13.7. The van der Waals surface area contributed by atoms with E-state index in [2.05, 4.69) is 32.6 Å². The summed E-state index contributed by atoms with van der Waals surface area (Å²) in [6.07, 6.45) is 17.4. The van der Waals surface area contributed by atoms with E-state index in [0.29, 0.717) is 5.75 Å². The van der Waals surface area contributed by atoms with Gasteiger partial charge in [-0.05, 0) is 36.5 Å². The molecule has 0 amide bonds. The van der Waals surface area contributed by atoms with Crippen molar-refractivity contribution in [2.75, 3.05) is 27.7 Å². The van der Waals surface area contributed by atoms with Crippen molar-refractivity contribution in [1.29, 1.82) is 0 Å². The van der Waals surface area contributed by atoms with Crippen LogP contribution in [0, 0.1) is 6.92 Å². The molecule has 0 aliphatic rings. The van der Waals surface area contributed by atoms with Crippen LogP contribution in [0.25, 0.3) is 0 Å². The highest BCUT2D eigenvalue weighted by atomic mass is 31.1. The fraction of sp³-hybridized carbons (Fsp3) is 0.750. The van der Waals surface area contributed by atoms with Gasteiger partial charge in [-0.2, -0.15) is 0 Å². The quantitative estimate of drug-likeness (QED) is 0.176. The van der Waals surface area contributed by atoms with Crippen molar-refractivity contribution in [3.05, 3.63) is 29.8 Å². The molecule has 1 rings (SSSR count). The van der Waals surface area contributed by atoms with E-state index in [9.17, 15) is 9.46 Å². The van der Waals surface area contributed by atoms with Crippen LogP contribution in [0.15, 0.2) is 24.3 Å². The summed E-state index contributed by atoms with van der Waals surface area (Å²) in [5.74, 6) is 0.353. The Bertz CT molecular complexity index is 512. The number of benzene rings is 1. The SMILES string of the molecule is CCCCCCCCCCCCCC[N+](C)(C)C.Cc1ccc(O[P+](=O)[O-])cc1. The van der Waals surface area contributed by atoms with Crippen LogP contribution < -0.4 is 9.42 Å². The number of nitrogens with zero attached hydrogens (tertiary/aromatic N) is 1. The normalized spacial score (nSPS) is 11.6. The molecule has 1 aromatic carbocycles. The lowest BCUT2D eigenvalue weighted by atomic mass is 10.1. The molecule has 1 unspecified atom stereocenters. The zero-order valence-electron chi connectivity index (χ0n) is 19.6. The van der Waals surface area contributed by atoms with Gasteiger partial charge >= 0.3 is 8.25 Å². The minimum absolute atomic E-state index is 0.353. The van der Waals surface area contributed by atoms with Crippen LogP contribution in [0.3, 0.4) is 0 Å². The maximum atomic E-state index is 10.1. The third-order valence-corrected chi connectivity index (χ3v) is 5.24. The molecular formula is C24H45NO3P+. The summed E-state index contributed by atoms with van der Waals surface area (Å²) < 4.78 is 15.6. The Labute approximate surface area is 181 Å². The summed E-state index contributed by atoms with van der Waals surface area (Å²) in [6.45, 7) is 5.54. The lowest BCUT2D eigenvalue weighted by Crippen LogP contribution is -2.35. The van der Waals surface area contributed by atoms with Crippen LogP contribution in [-0.2, 0) is 4.57 Å². The summed E-state index contributed by atoms with van der Waals surface area (Å²) >= 11 is 0. The zero-order chi connectivity index (χ0) is 22.0. The fourth-order valence-electron chi connectivity index (χ4n) is 3.11. The maximum absolute atomic E-state index is 10.1. The van der Waals surface area contributed by atoms with Gasteiger partial charge in [-0.25, -0.2) is 0 Å². The van der Waals surface area contributed by atoms with Crippen LogP contribution in [0.1, 0.15) is 89.5 Å². The Morgan fingerprint density at radius 2 is 1.21 bits per heavy atom. The zero-order valence-corrected chi connectivity index (χ0v) is 20.5. The van der Waals surface area contributed by atoms with E-state index in [1.807, 2.05) is 6.92 Å². The van der Waals surface area contributed by atoms with Gasteiger partial charge in [-0.1, -0.05) is 88.8 Å². The van der Waals surface area contributed by atoms with Crippen LogP contribution in [0.5, 0.6) is 5.75 Å². The Morgan fingerprint density at radius 3 is 1.59 bits per heavy atom. The molecule has 1 aromatic rings. The Hall–Kier alpha value is -0.960. The minimum Gasteiger partial charge on any atom is -0.558 e. The van der Waals surface area contributed by atoms with E-state index in [4.69, 9.17) is 0 Å². The van der Waals surface area contributed by atoms with Gasteiger partial charge in [0.05, 0.1) is 27.7 Å². The van der Waals surface area contributed by atoms with Gasteiger partial charge in [-0.15, -0.1) is 0 Å². The van der Waals surface area contributed by atoms with Crippen molar-refractivity contribution < 1.29 is 18.5 Å². The molecule has 5 heteroatoms. The van der Waals surface area contributed by atoms with E-state index in [1.54, 1.807) is 24.3 Å². The summed E-state index contributed by atoms with van der Waals surface area (Å²) in [6, 6.07) is 6.79. The van der Waals surface area contributed by atoms with Gasteiger partial charge in [-0.3, -0.25) is 4.52 Å². The summed E-state index contributed by atoms with van der Waals surface area (Å²) in [5, 5.41) is 0. The molecular weight excluding hydrogens is 381 g/mol. The van der Waals surface area contributed by atoms with Crippen molar-refractivity contribution in [2.24, 2.45) is 0 Å². The van der Waals surface area contributed by atoms with Crippen LogP contribution in [-0.4, -0.2) is 32.2 Å². The summed E-state index contributed by atoms with van der Waals surface area (Å²) in [4.78, 5) is 10.1. The van der Waals surface area contributed by atoms with Gasteiger partial charge < -0.3 is 9.38 Å². The first-order valence-corrected chi connectivity index (χ1v) is 12.5. The van der Waals surface area contributed by atoms with E-state index in [1.165, 1.54) is 83.6 Å². The standard InChI is InChI=1S/C17H38N.C7H7O3P/c1-5-6-7-8-9-10-11-12-13-14-15-16-17-18(2,3)4;1-6-2-4-7(5-3-6)10-11(8)9/h5-17H2,1-4H3;2-5H,1H3/q+1;.